The Hall–Kier alpha value is -3.83. The van der Waals surface area contributed by atoms with Gasteiger partial charge in [0.1, 0.15) is 5.69 Å². The Kier molecular flexibility index (Phi) is 10.3. The third-order valence-corrected chi connectivity index (χ3v) is 9.57. The molecule has 0 bridgehead atoms. The number of carbonyl (C=O) groups is 2. The monoisotopic (exact) mass is 706 g/mol. The van der Waals surface area contributed by atoms with Crippen LogP contribution in [0.2, 0.25) is 0 Å². The molecule has 2 fully saturated rings. The van der Waals surface area contributed by atoms with Gasteiger partial charge in [-0.2, -0.15) is 36.5 Å². The summed E-state index contributed by atoms with van der Waals surface area (Å²) in [5.41, 5.74) is 0.977. The first-order valence-corrected chi connectivity index (χ1v) is 16.1. The van der Waals surface area contributed by atoms with Gasteiger partial charge in [-0.05, 0) is 63.8 Å². The quantitative estimate of drug-likeness (QED) is 0.264. The van der Waals surface area contributed by atoms with Crippen LogP contribution in [0.3, 0.4) is 0 Å². The molecule has 2 amide bonds. The highest BCUT2D eigenvalue weighted by Gasteiger charge is 2.45. The van der Waals surface area contributed by atoms with Crippen LogP contribution >= 0.6 is 0 Å². The van der Waals surface area contributed by atoms with Crippen molar-refractivity contribution >= 4 is 17.5 Å². The standard InChI is InChI=1S/C31H38F8N8O2/c1-4-46-24(7-10-41-46)28(49)43-26(18-5-8-29(32,33)9-6-18)23-15-47-25(42-23)13-21(17(2)45(3)16-30(34,35)36)22(44-47)12-19-11-20(31(37,38)39)14-40-27(19)48/h7,10,13,15,17-20,26H,4-6,8-9,11-12,14,16H2,1-3H3,(H,40,48)(H,43,49)/t17-,19-,20-,26+/m1/s1. The number of piperidine rings is 1. The molecule has 0 spiro atoms. The molecule has 4 heterocycles. The Morgan fingerprint density at radius 1 is 1.18 bits per heavy atom. The number of hydrogen-bond acceptors (Lipinski definition) is 6. The number of carbonyl (C=O) groups excluding carboxylic acids is 2. The summed E-state index contributed by atoms with van der Waals surface area (Å²) in [7, 11) is 1.24. The van der Waals surface area contributed by atoms with Crippen LogP contribution in [-0.4, -0.2) is 79.5 Å². The van der Waals surface area contributed by atoms with Gasteiger partial charge in [-0.25, -0.2) is 18.3 Å². The summed E-state index contributed by atoms with van der Waals surface area (Å²) in [6, 6.07) is 1.16. The van der Waals surface area contributed by atoms with Crippen LogP contribution in [0.5, 0.6) is 0 Å². The van der Waals surface area contributed by atoms with Crippen molar-refractivity contribution in [2.75, 3.05) is 20.1 Å². The van der Waals surface area contributed by atoms with Crippen LogP contribution < -0.4 is 10.6 Å². The third-order valence-electron chi connectivity index (χ3n) is 9.57. The highest BCUT2D eigenvalue weighted by molar-refractivity contribution is 5.92. The van der Waals surface area contributed by atoms with Crippen molar-refractivity contribution in [1.82, 2.24) is 39.9 Å². The van der Waals surface area contributed by atoms with E-state index in [1.54, 1.807) is 6.92 Å². The number of rotatable bonds is 10. The van der Waals surface area contributed by atoms with Crippen LogP contribution in [0.15, 0.2) is 24.5 Å². The Balaban J connectivity index is 1.54. The van der Waals surface area contributed by atoms with Crippen molar-refractivity contribution in [2.45, 2.75) is 89.3 Å². The average molecular weight is 707 g/mol. The minimum Gasteiger partial charge on any atom is -0.355 e. The molecule has 1 aliphatic heterocycles. The third kappa shape index (κ3) is 8.49. The fraction of sp³-hybridized carbons (Fsp3) is 0.645. The molecular formula is C31H38F8N8O2. The number of fused-ring (bicyclic) bond motifs is 1. The second-order valence-corrected chi connectivity index (χ2v) is 13.0. The predicted molar refractivity (Wildman–Crippen MR) is 159 cm³/mol. The van der Waals surface area contributed by atoms with Gasteiger partial charge in [0.2, 0.25) is 11.8 Å². The van der Waals surface area contributed by atoms with Crippen molar-refractivity contribution in [3.63, 3.8) is 0 Å². The molecule has 3 aromatic heterocycles. The lowest BCUT2D eigenvalue weighted by Gasteiger charge is -2.33. The van der Waals surface area contributed by atoms with E-state index < -0.39 is 92.3 Å². The maximum Gasteiger partial charge on any atom is 0.401 e. The smallest absolute Gasteiger partial charge is 0.355 e. The lowest BCUT2D eigenvalue weighted by Crippen LogP contribution is -2.47. The van der Waals surface area contributed by atoms with Gasteiger partial charge in [0.05, 0.1) is 36.1 Å². The molecule has 0 unspecified atom stereocenters. The molecule has 0 aromatic carbocycles. The lowest BCUT2D eigenvalue weighted by molar-refractivity contribution is -0.183. The van der Waals surface area contributed by atoms with Crippen LogP contribution in [-0.2, 0) is 17.8 Å². The minimum atomic E-state index is -4.57. The summed E-state index contributed by atoms with van der Waals surface area (Å²) in [6.45, 7) is 1.79. The van der Waals surface area contributed by atoms with Gasteiger partial charge in [-0.3, -0.25) is 19.2 Å². The molecule has 10 nitrogen and oxygen atoms in total. The second-order valence-electron chi connectivity index (χ2n) is 13.0. The van der Waals surface area contributed by atoms with Crippen molar-refractivity contribution in [2.24, 2.45) is 17.8 Å². The number of aryl methyl sites for hydroxylation is 1. The molecule has 2 N–H and O–H groups in total. The number of aromatic nitrogens is 5. The number of hydrogen-bond donors (Lipinski definition) is 2. The van der Waals surface area contributed by atoms with Crippen LogP contribution in [0, 0.1) is 17.8 Å². The van der Waals surface area contributed by atoms with Gasteiger partial charge in [-0.15, -0.1) is 0 Å². The van der Waals surface area contributed by atoms with Crippen LogP contribution in [0.25, 0.3) is 5.65 Å². The van der Waals surface area contributed by atoms with Gasteiger partial charge in [-0.1, -0.05) is 0 Å². The zero-order valence-electron chi connectivity index (χ0n) is 27.1. The Morgan fingerprint density at radius 3 is 2.51 bits per heavy atom. The molecule has 18 heteroatoms. The molecule has 0 radical (unpaired) electrons. The lowest BCUT2D eigenvalue weighted by atomic mass is 9.81. The fourth-order valence-corrected chi connectivity index (χ4v) is 6.70. The molecule has 4 atom stereocenters. The van der Waals surface area contributed by atoms with Gasteiger partial charge in [0.15, 0.2) is 5.65 Å². The summed E-state index contributed by atoms with van der Waals surface area (Å²) in [4.78, 5) is 31.8. The summed E-state index contributed by atoms with van der Waals surface area (Å²) < 4.78 is 112. The highest BCUT2D eigenvalue weighted by Crippen LogP contribution is 2.42. The summed E-state index contributed by atoms with van der Waals surface area (Å²) in [6.07, 6.45) is -7.69. The zero-order valence-corrected chi connectivity index (χ0v) is 27.1. The number of nitrogens with one attached hydrogen (secondary N) is 2. The molecular weight excluding hydrogens is 668 g/mol. The SMILES string of the molecule is CCn1nccc1C(=O)N[C@H](c1cn2nc(C[C@H]3C[C@@H](C(F)(F)F)CNC3=O)c([C@@H](C)N(C)CC(F)(F)F)cc2n1)C1CCC(F)(F)CC1. The first kappa shape index (κ1) is 36.5. The molecule has 2 aliphatic rings. The summed E-state index contributed by atoms with van der Waals surface area (Å²) >= 11 is 0. The van der Waals surface area contributed by atoms with Crippen LogP contribution in [0.1, 0.15) is 85.5 Å². The van der Waals surface area contributed by atoms with E-state index in [-0.39, 0.29) is 47.6 Å². The highest BCUT2D eigenvalue weighted by atomic mass is 19.4. The Bertz CT molecular complexity index is 1640. The Labute approximate surface area is 276 Å². The van der Waals surface area contributed by atoms with Crippen molar-refractivity contribution < 1.29 is 44.7 Å². The van der Waals surface area contributed by atoms with E-state index in [0.29, 0.717) is 6.54 Å². The zero-order chi connectivity index (χ0) is 35.9. The van der Waals surface area contributed by atoms with Gasteiger partial charge >= 0.3 is 12.4 Å². The summed E-state index contributed by atoms with van der Waals surface area (Å²) in [5, 5.41) is 13.9. The van der Waals surface area contributed by atoms with E-state index in [2.05, 4.69) is 25.8 Å². The van der Waals surface area contributed by atoms with Gasteiger partial charge in [0.25, 0.3) is 5.91 Å². The normalized spacial score (nSPS) is 21.9. The number of nitrogens with zero attached hydrogens (tertiary/aromatic N) is 6. The van der Waals surface area contributed by atoms with Gasteiger partial charge in [0, 0.05) is 50.5 Å². The minimum absolute atomic E-state index is 0.0687. The first-order valence-electron chi connectivity index (χ1n) is 16.1. The van der Waals surface area contributed by atoms with E-state index in [4.69, 9.17) is 0 Å². The molecule has 5 rings (SSSR count). The maximum atomic E-state index is 14.1. The topological polar surface area (TPSA) is 109 Å². The fourth-order valence-electron chi connectivity index (χ4n) is 6.70. The van der Waals surface area contributed by atoms with Gasteiger partial charge < -0.3 is 10.6 Å². The molecule has 1 saturated carbocycles. The first-order chi connectivity index (χ1) is 22.8. The number of halogens is 8. The Morgan fingerprint density at radius 2 is 1.88 bits per heavy atom. The van der Waals surface area contributed by atoms with E-state index in [9.17, 15) is 44.7 Å². The van der Waals surface area contributed by atoms with Crippen molar-refractivity contribution in [3.05, 3.63) is 47.2 Å². The average Bonchev–Trinajstić information content (AvgIpc) is 3.66. The molecule has 1 saturated heterocycles. The van der Waals surface area contributed by atoms with Crippen molar-refractivity contribution in [3.8, 4) is 0 Å². The molecule has 3 aromatic rings. The number of alkyl halides is 8. The number of imidazole rings is 1. The molecule has 1 aliphatic carbocycles. The number of amides is 2. The molecule has 49 heavy (non-hydrogen) atoms. The largest absolute Gasteiger partial charge is 0.401 e. The van der Waals surface area contributed by atoms with Crippen LogP contribution in [0.4, 0.5) is 35.1 Å². The van der Waals surface area contributed by atoms with E-state index in [1.807, 2.05) is 0 Å². The summed E-state index contributed by atoms with van der Waals surface area (Å²) in [5.74, 6) is -7.41. The second kappa shape index (κ2) is 13.8. The van der Waals surface area contributed by atoms with E-state index >= 15 is 0 Å². The van der Waals surface area contributed by atoms with E-state index in [1.165, 1.54) is 47.7 Å². The predicted octanol–water partition coefficient (Wildman–Crippen LogP) is 5.65. The molecule has 270 valence electrons. The van der Waals surface area contributed by atoms with E-state index in [0.717, 1.165) is 4.90 Å². The van der Waals surface area contributed by atoms with Crippen molar-refractivity contribution in [1.29, 1.82) is 0 Å². The maximum absolute atomic E-state index is 14.1.